The molecule has 0 spiro atoms. The fourth-order valence-corrected chi connectivity index (χ4v) is 2.95. The van der Waals surface area contributed by atoms with Crippen molar-refractivity contribution in [3.05, 3.63) is 63.7 Å². The largest absolute Gasteiger partial charge is 0.481 e. The quantitative estimate of drug-likeness (QED) is 0.687. The molecule has 2 unspecified atom stereocenters. The third-order valence-corrected chi connectivity index (χ3v) is 4.74. The van der Waals surface area contributed by atoms with E-state index in [2.05, 4.69) is 27.9 Å². The number of para-hydroxylation sites is 1. The van der Waals surface area contributed by atoms with Gasteiger partial charge in [-0.3, -0.25) is 9.59 Å². The van der Waals surface area contributed by atoms with Crippen molar-refractivity contribution < 1.29 is 14.7 Å². The van der Waals surface area contributed by atoms with Crippen LogP contribution in [0.25, 0.3) is 0 Å². The molecule has 0 aliphatic heterocycles. The number of rotatable bonds is 6. The summed E-state index contributed by atoms with van der Waals surface area (Å²) in [5.74, 6) is -2.25. The van der Waals surface area contributed by atoms with Gasteiger partial charge in [0.05, 0.1) is 11.6 Å². The summed E-state index contributed by atoms with van der Waals surface area (Å²) in [4.78, 5) is 23.8. The average molecular weight is 423 g/mol. The van der Waals surface area contributed by atoms with E-state index in [0.29, 0.717) is 5.69 Å². The van der Waals surface area contributed by atoms with E-state index < -0.39 is 11.9 Å². The van der Waals surface area contributed by atoms with Crippen molar-refractivity contribution >= 4 is 40.2 Å². The van der Waals surface area contributed by atoms with E-state index in [-0.39, 0.29) is 18.2 Å². The second kappa shape index (κ2) is 8.10. The van der Waals surface area contributed by atoms with Gasteiger partial charge in [0.2, 0.25) is 5.91 Å². The maximum absolute atomic E-state index is 12.2. The molecule has 5 heteroatoms. The number of nitrogens with one attached hydrogen (secondary N) is 1. The van der Waals surface area contributed by atoms with Crippen LogP contribution in [0.2, 0.25) is 0 Å². The van der Waals surface area contributed by atoms with E-state index in [4.69, 9.17) is 0 Å². The van der Waals surface area contributed by atoms with Crippen LogP contribution in [0.15, 0.2) is 54.6 Å². The molecule has 0 saturated carbocycles. The van der Waals surface area contributed by atoms with E-state index >= 15 is 0 Å². The normalized spacial score (nSPS) is 13.1. The van der Waals surface area contributed by atoms with Crippen molar-refractivity contribution in [3.63, 3.8) is 0 Å². The molecule has 0 aliphatic rings. The number of hydrogen-bond acceptors (Lipinski definition) is 2. The number of carboxylic acid groups (broad SMARTS) is 1. The number of hydrogen-bond donors (Lipinski definition) is 2. The Labute approximate surface area is 149 Å². The summed E-state index contributed by atoms with van der Waals surface area (Å²) in [5, 5.41) is 12.3. The molecule has 2 aromatic rings. The standard InChI is InChI=1S/C18H18INO3/c1-12(13-7-3-2-4-8-13)14(18(22)23)11-17(21)20-16-10-6-5-9-15(16)19/h2-10,12,14H,11H2,1H3,(H,20,21)(H,22,23). The number of carbonyl (C=O) groups is 2. The zero-order chi connectivity index (χ0) is 16.8. The lowest BCUT2D eigenvalue weighted by atomic mass is 9.85. The summed E-state index contributed by atoms with van der Waals surface area (Å²) in [6, 6.07) is 16.8. The van der Waals surface area contributed by atoms with Crippen LogP contribution in [0, 0.1) is 9.49 Å². The number of carboxylic acids is 1. The molecule has 2 rings (SSSR count). The molecule has 0 heterocycles. The van der Waals surface area contributed by atoms with Gasteiger partial charge in [0, 0.05) is 9.99 Å². The molecule has 0 saturated heterocycles. The number of halogens is 1. The molecule has 0 fully saturated rings. The summed E-state index contributed by atoms with van der Waals surface area (Å²) in [7, 11) is 0. The zero-order valence-electron chi connectivity index (χ0n) is 12.7. The summed E-state index contributed by atoms with van der Waals surface area (Å²) in [5.41, 5.74) is 1.62. The molecular formula is C18H18INO3. The van der Waals surface area contributed by atoms with Crippen LogP contribution < -0.4 is 5.32 Å². The Morgan fingerprint density at radius 2 is 1.70 bits per heavy atom. The van der Waals surface area contributed by atoms with E-state index in [9.17, 15) is 14.7 Å². The highest BCUT2D eigenvalue weighted by Crippen LogP contribution is 2.28. The highest BCUT2D eigenvalue weighted by atomic mass is 127. The monoisotopic (exact) mass is 423 g/mol. The molecule has 0 bridgehead atoms. The van der Waals surface area contributed by atoms with E-state index in [1.807, 2.05) is 55.5 Å². The van der Waals surface area contributed by atoms with Crippen LogP contribution in [-0.2, 0) is 9.59 Å². The summed E-state index contributed by atoms with van der Waals surface area (Å²) >= 11 is 2.13. The second-order valence-corrected chi connectivity index (χ2v) is 6.54. The minimum atomic E-state index is -0.959. The van der Waals surface area contributed by atoms with Crippen molar-refractivity contribution in [2.75, 3.05) is 5.32 Å². The van der Waals surface area contributed by atoms with Gasteiger partial charge in [0.15, 0.2) is 0 Å². The fourth-order valence-electron chi connectivity index (χ4n) is 2.43. The van der Waals surface area contributed by atoms with Gasteiger partial charge in [0.25, 0.3) is 0 Å². The van der Waals surface area contributed by atoms with Crippen LogP contribution in [0.1, 0.15) is 24.8 Å². The zero-order valence-corrected chi connectivity index (χ0v) is 14.9. The third kappa shape index (κ3) is 4.79. The Bertz CT molecular complexity index is 688. The topological polar surface area (TPSA) is 66.4 Å². The maximum atomic E-state index is 12.2. The minimum Gasteiger partial charge on any atom is -0.481 e. The predicted molar refractivity (Wildman–Crippen MR) is 98.4 cm³/mol. The van der Waals surface area contributed by atoms with Gasteiger partial charge in [-0.15, -0.1) is 0 Å². The van der Waals surface area contributed by atoms with Gasteiger partial charge < -0.3 is 10.4 Å². The van der Waals surface area contributed by atoms with Crippen LogP contribution in [-0.4, -0.2) is 17.0 Å². The fraction of sp³-hybridized carbons (Fsp3) is 0.222. The lowest BCUT2D eigenvalue weighted by Crippen LogP contribution is -2.26. The van der Waals surface area contributed by atoms with Crippen LogP contribution in [0.3, 0.4) is 0 Å². The van der Waals surface area contributed by atoms with Crippen LogP contribution >= 0.6 is 22.6 Å². The van der Waals surface area contributed by atoms with Gasteiger partial charge in [-0.2, -0.15) is 0 Å². The SMILES string of the molecule is CC(c1ccccc1)C(CC(=O)Nc1ccccc1I)C(=O)O. The van der Waals surface area contributed by atoms with Gasteiger partial charge in [0.1, 0.15) is 0 Å². The number of anilines is 1. The lowest BCUT2D eigenvalue weighted by molar-refractivity contribution is -0.144. The highest BCUT2D eigenvalue weighted by Gasteiger charge is 2.28. The summed E-state index contributed by atoms with van der Waals surface area (Å²) in [6.45, 7) is 1.84. The lowest BCUT2D eigenvalue weighted by Gasteiger charge is -2.20. The van der Waals surface area contributed by atoms with Crippen molar-refractivity contribution in [1.29, 1.82) is 0 Å². The third-order valence-electron chi connectivity index (χ3n) is 3.80. The summed E-state index contributed by atoms with van der Waals surface area (Å²) in [6.07, 6.45) is -0.0592. The molecule has 2 aromatic carbocycles. The molecule has 23 heavy (non-hydrogen) atoms. The summed E-state index contributed by atoms with van der Waals surface area (Å²) < 4.78 is 0.918. The first-order chi connectivity index (χ1) is 11.0. The Morgan fingerprint density at radius 3 is 2.30 bits per heavy atom. The minimum absolute atomic E-state index is 0.0592. The Morgan fingerprint density at radius 1 is 1.09 bits per heavy atom. The highest BCUT2D eigenvalue weighted by molar-refractivity contribution is 14.1. The first-order valence-electron chi connectivity index (χ1n) is 7.31. The molecule has 2 atom stereocenters. The van der Waals surface area contributed by atoms with Gasteiger partial charge in [-0.1, -0.05) is 49.4 Å². The number of benzene rings is 2. The van der Waals surface area contributed by atoms with E-state index in [0.717, 1.165) is 9.13 Å². The molecule has 2 N–H and O–H groups in total. The second-order valence-electron chi connectivity index (χ2n) is 5.38. The first kappa shape index (κ1) is 17.5. The molecule has 0 aromatic heterocycles. The maximum Gasteiger partial charge on any atom is 0.307 e. The Kier molecular flexibility index (Phi) is 6.15. The predicted octanol–water partition coefficient (Wildman–Crippen LogP) is 4.12. The van der Waals surface area contributed by atoms with Gasteiger partial charge >= 0.3 is 5.97 Å². The molecular weight excluding hydrogens is 405 g/mol. The van der Waals surface area contributed by atoms with Crippen molar-refractivity contribution in [2.24, 2.45) is 5.92 Å². The number of carbonyl (C=O) groups excluding carboxylic acids is 1. The average Bonchev–Trinajstić information content (AvgIpc) is 2.55. The molecule has 0 radical (unpaired) electrons. The molecule has 0 aliphatic carbocycles. The Hall–Kier alpha value is -1.89. The van der Waals surface area contributed by atoms with E-state index in [1.165, 1.54) is 0 Å². The number of amides is 1. The van der Waals surface area contributed by atoms with Crippen molar-refractivity contribution in [2.45, 2.75) is 19.3 Å². The van der Waals surface area contributed by atoms with Gasteiger partial charge in [-0.25, -0.2) is 0 Å². The molecule has 120 valence electrons. The first-order valence-corrected chi connectivity index (χ1v) is 8.39. The van der Waals surface area contributed by atoms with Gasteiger partial charge in [-0.05, 0) is 46.2 Å². The van der Waals surface area contributed by atoms with E-state index in [1.54, 1.807) is 6.07 Å². The Balaban J connectivity index is 2.09. The van der Waals surface area contributed by atoms with Crippen LogP contribution in [0.5, 0.6) is 0 Å². The smallest absolute Gasteiger partial charge is 0.307 e. The van der Waals surface area contributed by atoms with Crippen molar-refractivity contribution in [1.82, 2.24) is 0 Å². The molecule has 4 nitrogen and oxygen atoms in total. The van der Waals surface area contributed by atoms with Crippen LogP contribution in [0.4, 0.5) is 5.69 Å². The molecule has 1 amide bonds. The van der Waals surface area contributed by atoms with Crippen molar-refractivity contribution in [3.8, 4) is 0 Å². The number of aliphatic carboxylic acids is 1.